The molecule has 1 heterocycles. The average molecular weight is 333 g/mol. The van der Waals surface area contributed by atoms with Crippen LogP contribution in [0.4, 0.5) is 0 Å². The minimum atomic E-state index is -1.48. The van der Waals surface area contributed by atoms with E-state index in [4.69, 9.17) is 11.1 Å². The molecular formula is C7H15O7Sb+. The molecule has 8 heteroatoms. The number of carbonyl (C=O) groups excluding carboxylic acids is 1. The molecule has 0 aliphatic carbocycles. The Balaban J connectivity index is 0.00000196. The summed E-state index contributed by atoms with van der Waals surface area (Å²) in [6.45, 7) is 0.887. The fraction of sp³-hybridized carbons (Fsp3) is 0.857. The molecule has 1 radical (unpaired) electrons. The van der Waals surface area contributed by atoms with Gasteiger partial charge in [0.2, 0.25) is 0 Å². The summed E-state index contributed by atoms with van der Waals surface area (Å²) in [5.74, 6) is -0.535. The van der Waals surface area contributed by atoms with Gasteiger partial charge in [0.25, 0.3) is 0 Å². The maximum Gasteiger partial charge on any atom is -0.457 e. The average Bonchev–Trinajstić information content (AvgIpc) is 2.62. The monoisotopic (exact) mass is 332 g/mol. The zero-order valence-corrected chi connectivity index (χ0v) is 10.7. The van der Waals surface area contributed by atoms with Crippen molar-refractivity contribution < 1.29 is 31.6 Å². The molecular weight excluding hydrogens is 318 g/mol. The number of aliphatic hydroxyl groups is 3. The van der Waals surface area contributed by atoms with Gasteiger partial charge >= 0.3 is 92.3 Å². The van der Waals surface area contributed by atoms with E-state index in [-0.39, 0.29) is 12.1 Å². The van der Waals surface area contributed by atoms with Crippen molar-refractivity contribution in [2.75, 3.05) is 6.61 Å². The van der Waals surface area contributed by atoms with Crippen LogP contribution in [-0.4, -0.2) is 74.6 Å². The van der Waals surface area contributed by atoms with Gasteiger partial charge < -0.3 is 5.48 Å². The molecule has 0 aromatic rings. The molecule has 0 saturated carbocycles. The smallest absolute Gasteiger partial charge is 0.457 e. The Hall–Kier alpha value is 0.248. The topological polar surface area (TPSA) is 129 Å². The summed E-state index contributed by atoms with van der Waals surface area (Å²) in [5, 5.41) is 27.6. The van der Waals surface area contributed by atoms with Crippen LogP contribution in [0.5, 0.6) is 0 Å². The van der Waals surface area contributed by atoms with Gasteiger partial charge in [0.05, 0.1) is 0 Å². The van der Waals surface area contributed by atoms with E-state index in [1.54, 1.807) is 0 Å². The van der Waals surface area contributed by atoms with Crippen LogP contribution in [0.25, 0.3) is 0 Å². The standard InChI is InChI=1S/C7H12O6.H2O.Sb/c1-3(9)5(11)7(13)6(12)4(10)2-8;;/h4-8,11,13H,2H2,1H3;1H2;/q-2;;+2/p+1. The molecule has 1 fully saturated rings. The van der Waals surface area contributed by atoms with E-state index in [2.05, 4.69) is 0 Å². The molecule has 1 saturated heterocycles. The molecule has 0 bridgehead atoms. The molecule has 1 aliphatic heterocycles. The quantitative estimate of drug-likeness (QED) is 0.365. The van der Waals surface area contributed by atoms with Crippen LogP contribution in [0.3, 0.4) is 0 Å². The number of rotatable bonds is 4. The third-order valence-electron chi connectivity index (χ3n) is 1.97. The molecule has 1 aliphatic rings. The second-order valence-corrected chi connectivity index (χ2v) is 4.65. The van der Waals surface area contributed by atoms with E-state index in [9.17, 15) is 15.0 Å². The molecule has 1 rings (SSSR count). The van der Waals surface area contributed by atoms with Crippen LogP contribution < -0.4 is 0 Å². The molecule has 4 atom stereocenters. The Morgan fingerprint density at radius 1 is 1.47 bits per heavy atom. The minimum absolute atomic E-state index is 0. The maximum absolute atomic E-state index is 10.8. The number of aliphatic hydroxyl groups excluding tert-OH is 3. The first-order valence-corrected chi connectivity index (χ1v) is 6.15. The maximum atomic E-state index is 10.8. The van der Waals surface area contributed by atoms with Crippen molar-refractivity contribution in [2.24, 2.45) is 0 Å². The molecule has 0 aromatic carbocycles. The van der Waals surface area contributed by atoms with Crippen LogP contribution >= 0.6 is 0 Å². The third-order valence-corrected chi connectivity index (χ3v) is 3.93. The summed E-state index contributed by atoms with van der Waals surface area (Å²) >= 11 is -1.30. The van der Waals surface area contributed by atoms with Crippen LogP contribution in [0.15, 0.2) is 0 Å². The van der Waals surface area contributed by atoms with E-state index in [1.807, 2.05) is 0 Å². The summed E-state index contributed by atoms with van der Waals surface area (Å²) in [6, 6.07) is 0. The first-order chi connectivity index (χ1) is 6.57. The van der Waals surface area contributed by atoms with Crippen LogP contribution in [-0.2, 0) is 16.3 Å². The molecule has 4 unspecified atom stereocenters. The second kappa shape index (κ2) is 6.75. The fourth-order valence-electron chi connectivity index (χ4n) is 1.10. The van der Waals surface area contributed by atoms with Crippen LogP contribution in [0.2, 0.25) is 0 Å². The molecule has 0 amide bonds. The van der Waals surface area contributed by atoms with Crippen molar-refractivity contribution in [3.05, 3.63) is 0 Å². The van der Waals surface area contributed by atoms with E-state index in [1.165, 1.54) is 6.92 Å². The van der Waals surface area contributed by atoms with Crippen molar-refractivity contribution >= 4 is 28.2 Å². The van der Waals surface area contributed by atoms with Gasteiger partial charge in [-0.3, -0.25) is 0 Å². The Bertz CT molecular complexity index is 212. The van der Waals surface area contributed by atoms with Gasteiger partial charge in [-0.15, -0.1) is 0 Å². The van der Waals surface area contributed by atoms with Gasteiger partial charge in [-0.25, -0.2) is 0 Å². The van der Waals surface area contributed by atoms with Crippen LogP contribution in [0, 0.1) is 0 Å². The van der Waals surface area contributed by atoms with Crippen molar-refractivity contribution in [2.45, 2.75) is 31.3 Å². The number of ketones is 1. The van der Waals surface area contributed by atoms with Crippen molar-refractivity contribution in [3.63, 3.8) is 0 Å². The SMILES string of the molecule is CC(=O)C(O)C(O)C1[O][Sb][O]C1CO.[OH3+]. The van der Waals surface area contributed by atoms with E-state index in [0.29, 0.717) is 0 Å². The largest absolute Gasteiger partial charge is 0.457 e. The molecule has 0 spiro atoms. The van der Waals surface area contributed by atoms with E-state index in [0.717, 1.165) is 0 Å². The number of hydrogen-bond acceptors (Lipinski definition) is 6. The van der Waals surface area contributed by atoms with Crippen molar-refractivity contribution in [1.29, 1.82) is 0 Å². The first-order valence-electron chi connectivity index (χ1n) is 4.07. The predicted molar refractivity (Wildman–Crippen MR) is 50.2 cm³/mol. The van der Waals surface area contributed by atoms with Crippen molar-refractivity contribution in [3.8, 4) is 0 Å². The summed E-state index contributed by atoms with van der Waals surface area (Å²) in [5.41, 5.74) is 0. The van der Waals surface area contributed by atoms with Gasteiger partial charge in [0.1, 0.15) is 0 Å². The number of Topliss-reactive ketones (excluding diaryl/α,β-unsaturated/α-hetero) is 1. The third kappa shape index (κ3) is 3.64. The molecule has 15 heavy (non-hydrogen) atoms. The van der Waals surface area contributed by atoms with Gasteiger partial charge in [0.15, 0.2) is 0 Å². The second-order valence-electron chi connectivity index (χ2n) is 3.02. The summed E-state index contributed by atoms with van der Waals surface area (Å²) in [4.78, 5) is 10.8. The zero-order valence-electron chi connectivity index (χ0n) is 8.11. The fourth-order valence-corrected chi connectivity index (χ4v) is 3.11. The molecule has 6 N–H and O–H groups in total. The minimum Gasteiger partial charge on any atom is -0.457 e. The molecule has 7 nitrogen and oxygen atoms in total. The normalized spacial score (nSPS) is 29.3. The zero-order chi connectivity index (χ0) is 10.7. The van der Waals surface area contributed by atoms with Gasteiger partial charge in [0, 0.05) is 0 Å². The van der Waals surface area contributed by atoms with Gasteiger partial charge in [-0.05, 0) is 0 Å². The Kier molecular flexibility index (Phi) is 6.86. The molecule has 0 aromatic heterocycles. The Morgan fingerprint density at radius 3 is 2.53 bits per heavy atom. The van der Waals surface area contributed by atoms with Crippen LogP contribution in [0.1, 0.15) is 6.92 Å². The molecule has 89 valence electrons. The van der Waals surface area contributed by atoms with E-state index >= 15 is 0 Å². The predicted octanol–water partition coefficient (Wildman–Crippen LogP) is -3.31. The van der Waals surface area contributed by atoms with Gasteiger partial charge in [-0.2, -0.15) is 0 Å². The first kappa shape index (κ1) is 15.2. The number of hydrogen-bond donors (Lipinski definition) is 3. The number of carbonyl (C=O) groups is 1. The van der Waals surface area contributed by atoms with Gasteiger partial charge in [-0.1, -0.05) is 0 Å². The van der Waals surface area contributed by atoms with Crippen molar-refractivity contribution in [1.82, 2.24) is 0 Å². The Morgan fingerprint density at radius 2 is 2.07 bits per heavy atom. The Labute approximate surface area is 98.0 Å². The summed E-state index contributed by atoms with van der Waals surface area (Å²) in [6.07, 6.45) is -4.23. The van der Waals surface area contributed by atoms with E-state index < -0.39 is 52.7 Å². The summed E-state index contributed by atoms with van der Waals surface area (Å²) in [7, 11) is 0. The summed E-state index contributed by atoms with van der Waals surface area (Å²) < 4.78 is 10.2.